The van der Waals surface area contributed by atoms with Crippen molar-refractivity contribution in [3.8, 4) is 5.75 Å². The highest BCUT2D eigenvalue weighted by molar-refractivity contribution is 5.89. The van der Waals surface area contributed by atoms with Gasteiger partial charge in [-0.1, -0.05) is 26.0 Å². The summed E-state index contributed by atoms with van der Waals surface area (Å²) < 4.78 is 5.17. The number of anilines is 1. The van der Waals surface area contributed by atoms with E-state index in [-0.39, 0.29) is 25.0 Å². The number of hydrogen-bond donors (Lipinski definition) is 1. The lowest BCUT2D eigenvalue weighted by Gasteiger charge is -2.29. The Bertz CT molecular complexity index is 529. The lowest BCUT2D eigenvalue weighted by atomic mass is 10.2. The maximum absolute atomic E-state index is 12.1. The van der Waals surface area contributed by atoms with Gasteiger partial charge in [0.05, 0.1) is 12.2 Å². The van der Waals surface area contributed by atoms with Crippen molar-refractivity contribution < 1.29 is 14.3 Å². The van der Waals surface area contributed by atoms with E-state index in [1.165, 1.54) is 0 Å². The Morgan fingerprint density at radius 3 is 2.77 bits per heavy atom. The molecule has 0 atom stereocenters. The Morgan fingerprint density at radius 2 is 2.05 bits per heavy atom. The molecular weight excluding hydrogens is 282 g/mol. The Kier molecular flexibility index (Phi) is 5.77. The van der Waals surface area contributed by atoms with E-state index in [0.717, 1.165) is 25.3 Å². The van der Waals surface area contributed by atoms with Crippen LogP contribution in [-0.4, -0.2) is 56.0 Å². The molecule has 2 rings (SSSR count). The van der Waals surface area contributed by atoms with Gasteiger partial charge in [0.25, 0.3) is 0 Å². The molecule has 0 aromatic heterocycles. The summed E-state index contributed by atoms with van der Waals surface area (Å²) in [4.78, 5) is 27.6. The van der Waals surface area contributed by atoms with Crippen molar-refractivity contribution in [1.82, 2.24) is 10.2 Å². The standard InChI is InChI=1S/C16H23N3O3/c1-3-18(4-2)10-9-17-15(20)11-19-12-16(21)22-14-8-6-5-7-13(14)19/h5-8H,3-4,9-12H2,1-2H3,(H,17,20). The molecule has 6 heteroatoms. The minimum Gasteiger partial charge on any atom is -0.423 e. The van der Waals surface area contributed by atoms with Crippen LogP contribution in [0.1, 0.15) is 13.8 Å². The Morgan fingerprint density at radius 1 is 1.32 bits per heavy atom. The Balaban J connectivity index is 1.88. The molecule has 1 aromatic carbocycles. The number of nitrogens with one attached hydrogen (secondary N) is 1. The predicted octanol–water partition coefficient (Wildman–Crippen LogP) is 0.870. The minimum atomic E-state index is -0.338. The van der Waals surface area contributed by atoms with E-state index < -0.39 is 0 Å². The van der Waals surface area contributed by atoms with E-state index in [2.05, 4.69) is 24.1 Å². The summed E-state index contributed by atoms with van der Waals surface area (Å²) in [6.45, 7) is 7.83. The normalized spacial score (nSPS) is 13.8. The number of amides is 1. The predicted molar refractivity (Wildman–Crippen MR) is 85.1 cm³/mol. The second-order valence-electron chi connectivity index (χ2n) is 5.17. The molecule has 6 nitrogen and oxygen atoms in total. The van der Waals surface area contributed by atoms with E-state index in [1.807, 2.05) is 12.1 Å². The van der Waals surface area contributed by atoms with Crippen LogP contribution in [-0.2, 0) is 9.59 Å². The number of benzene rings is 1. The highest BCUT2D eigenvalue weighted by Gasteiger charge is 2.25. The summed E-state index contributed by atoms with van der Waals surface area (Å²) in [6.07, 6.45) is 0. The van der Waals surface area contributed by atoms with Crippen LogP contribution in [0.25, 0.3) is 0 Å². The topological polar surface area (TPSA) is 61.9 Å². The fraction of sp³-hybridized carbons (Fsp3) is 0.500. The van der Waals surface area contributed by atoms with Gasteiger partial charge in [0.1, 0.15) is 6.54 Å². The zero-order valence-corrected chi connectivity index (χ0v) is 13.2. The Labute approximate surface area is 131 Å². The van der Waals surface area contributed by atoms with E-state index in [0.29, 0.717) is 12.3 Å². The molecule has 0 radical (unpaired) electrons. The molecule has 22 heavy (non-hydrogen) atoms. The van der Waals surface area contributed by atoms with Gasteiger partial charge < -0.3 is 19.9 Å². The van der Waals surface area contributed by atoms with Crippen LogP contribution in [0.2, 0.25) is 0 Å². The molecule has 1 amide bonds. The van der Waals surface area contributed by atoms with Gasteiger partial charge in [0, 0.05) is 13.1 Å². The molecule has 0 saturated heterocycles. The maximum Gasteiger partial charge on any atom is 0.331 e. The maximum atomic E-state index is 12.1. The largest absolute Gasteiger partial charge is 0.423 e. The number of para-hydroxylation sites is 2. The number of carbonyl (C=O) groups excluding carboxylic acids is 2. The van der Waals surface area contributed by atoms with Crippen molar-refractivity contribution in [3.05, 3.63) is 24.3 Å². The van der Waals surface area contributed by atoms with E-state index in [9.17, 15) is 9.59 Å². The summed E-state index contributed by atoms with van der Waals surface area (Å²) in [7, 11) is 0. The summed E-state index contributed by atoms with van der Waals surface area (Å²) in [5.41, 5.74) is 0.779. The third kappa shape index (κ3) is 4.21. The monoisotopic (exact) mass is 305 g/mol. The first-order valence-corrected chi connectivity index (χ1v) is 7.67. The van der Waals surface area contributed by atoms with Crippen LogP contribution in [0, 0.1) is 0 Å². The lowest BCUT2D eigenvalue weighted by Crippen LogP contribution is -2.44. The number of likely N-dealkylation sites (N-methyl/N-ethyl adjacent to an activating group) is 1. The van der Waals surface area contributed by atoms with Gasteiger partial charge in [0.15, 0.2) is 5.75 Å². The van der Waals surface area contributed by atoms with Gasteiger partial charge in [-0.2, -0.15) is 0 Å². The smallest absolute Gasteiger partial charge is 0.331 e. The summed E-state index contributed by atoms with van der Waals surface area (Å²) >= 11 is 0. The number of hydrogen-bond acceptors (Lipinski definition) is 5. The average Bonchev–Trinajstić information content (AvgIpc) is 2.51. The van der Waals surface area contributed by atoms with Crippen LogP contribution in [0.4, 0.5) is 5.69 Å². The molecule has 0 bridgehead atoms. The van der Waals surface area contributed by atoms with Crippen molar-refractivity contribution >= 4 is 17.6 Å². The highest BCUT2D eigenvalue weighted by Crippen LogP contribution is 2.30. The van der Waals surface area contributed by atoms with Crippen LogP contribution in [0.3, 0.4) is 0 Å². The molecule has 0 unspecified atom stereocenters. The molecule has 0 aliphatic carbocycles. The van der Waals surface area contributed by atoms with Crippen LogP contribution >= 0.6 is 0 Å². The molecule has 0 fully saturated rings. The first kappa shape index (κ1) is 16.3. The third-order valence-corrected chi connectivity index (χ3v) is 3.73. The first-order valence-electron chi connectivity index (χ1n) is 7.67. The van der Waals surface area contributed by atoms with Gasteiger partial charge in [-0.25, -0.2) is 4.79 Å². The van der Waals surface area contributed by atoms with E-state index in [4.69, 9.17) is 4.74 Å². The van der Waals surface area contributed by atoms with Gasteiger partial charge in [0.2, 0.25) is 5.91 Å². The van der Waals surface area contributed by atoms with Crippen molar-refractivity contribution in [1.29, 1.82) is 0 Å². The number of fused-ring (bicyclic) bond motifs is 1. The number of rotatable bonds is 7. The van der Waals surface area contributed by atoms with Crippen molar-refractivity contribution in [2.45, 2.75) is 13.8 Å². The van der Waals surface area contributed by atoms with Gasteiger partial charge in [-0.05, 0) is 25.2 Å². The number of nitrogens with zero attached hydrogens (tertiary/aromatic N) is 2. The van der Waals surface area contributed by atoms with Crippen molar-refractivity contribution in [2.24, 2.45) is 0 Å². The third-order valence-electron chi connectivity index (χ3n) is 3.73. The summed E-state index contributed by atoms with van der Waals surface area (Å²) in [5.74, 6) is 0.0843. The number of ether oxygens (including phenoxy) is 1. The molecular formula is C16H23N3O3. The van der Waals surface area contributed by atoms with Gasteiger partial charge in [-0.15, -0.1) is 0 Å². The molecule has 1 heterocycles. The zero-order valence-electron chi connectivity index (χ0n) is 13.2. The molecule has 1 aliphatic heterocycles. The number of carbonyl (C=O) groups is 2. The quantitative estimate of drug-likeness (QED) is 0.598. The number of esters is 1. The second kappa shape index (κ2) is 7.79. The van der Waals surface area contributed by atoms with Crippen LogP contribution < -0.4 is 15.0 Å². The highest BCUT2D eigenvalue weighted by atomic mass is 16.5. The van der Waals surface area contributed by atoms with E-state index in [1.54, 1.807) is 17.0 Å². The minimum absolute atomic E-state index is 0.0864. The molecule has 1 aromatic rings. The van der Waals surface area contributed by atoms with Crippen LogP contribution in [0.5, 0.6) is 5.75 Å². The Hall–Kier alpha value is -2.08. The fourth-order valence-electron chi connectivity index (χ4n) is 2.46. The fourth-order valence-corrected chi connectivity index (χ4v) is 2.46. The molecule has 1 N–H and O–H groups in total. The van der Waals surface area contributed by atoms with Crippen molar-refractivity contribution in [2.75, 3.05) is 44.2 Å². The van der Waals surface area contributed by atoms with E-state index >= 15 is 0 Å². The lowest BCUT2D eigenvalue weighted by molar-refractivity contribution is -0.133. The first-order chi connectivity index (χ1) is 10.6. The summed E-state index contributed by atoms with van der Waals surface area (Å²) in [6, 6.07) is 7.26. The van der Waals surface area contributed by atoms with Crippen LogP contribution in [0.15, 0.2) is 24.3 Å². The summed E-state index contributed by atoms with van der Waals surface area (Å²) in [5, 5.41) is 2.90. The molecule has 0 saturated carbocycles. The van der Waals surface area contributed by atoms with Gasteiger partial charge >= 0.3 is 5.97 Å². The SMILES string of the molecule is CCN(CC)CCNC(=O)CN1CC(=O)Oc2ccccc21. The zero-order chi connectivity index (χ0) is 15.9. The molecule has 120 valence electrons. The van der Waals surface area contributed by atoms with Crippen molar-refractivity contribution in [3.63, 3.8) is 0 Å². The molecule has 1 aliphatic rings. The second-order valence-corrected chi connectivity index (χ2v) is 5.17. The van der Waals surface area contributed by atoms with Gasteiger partial charge in [-0.3, -0.25) is 4.79 Å². The molecule has 0 spiro atoms. The average molecular weight is 305 g/mol.